The molecule has 2 N–H and O–H groups in total. The van der Waals surface area contributed by atoms with Crippen molar-refractivity contribution in [2.45, 2.75) is 12.8 Å². The Bertz CT molecular complexity index is 505. The summed E-state index contributed by atoms with van der Waals surface area (Å²) in [6.45, 7) is 0.914. The van der Waals surface area contributed by atoms with Crippen molar-refractivity contribution in [3.63, 3.8) is 0 Å². The van der Waals surface area contributed by atoms with Gasteiger partial charge in [0.1, 0.15) is 0 Å². The summed E-state index contributed by atoms with van der Waals surface area (Å²) in [5, 5.41) is 6.64. The zero-order valence-electron chi connectivity index (χ0n) is 10.2. The summed E-state index contributed by atoms with van der Waals surface area (Å²) in [7, 11) is 0. The second-order valence-corrected chi connectivity index (χ2v) is 5.33. The number of benzene rings is 1. The van der Waals surface area contributed by atoms with Gasteiger partial charge in [-0.25, -0.2) is 0 Å². The molecule has 1 fully saturated rings. The van der Waals surface area contributed by atoms with E-state index in [1.54, 1.807) is 12.1 Å². The van der Waals surface area contributed by atoms with Crippen LogP contribution in [0, 0.1) is 5.92 Å². The summed E-state index contributed by atoms with van der Waals surface area (Å²) in [5.74, 6) is -0.419. The fourth-order valence-electron chi connectivity index (χ4n) is 1.98. The van der Waals surface area contributed by atoms with E-state index in [-0.39, 0.29) is 24.2 Å². The van der Waals surface area contributed by atoms with Crippen molar-refractivity contribution in [1.82, 2.24) is 10.6 Å². The third-order valence-electron chi connectivity index (χ3n) is 3.06. The molecule has 0 aromatic heterocycles. The van der Waals surface area contributed by atoms with Gasteiger partial charge in [0.25, 0.3) is 0 Å². The van der Waals surface area contributed by atoms with Crippen LogP contribution in [0.2, 0.25) is 10.0 Å². The molecule has 102 valence electrons. The summed E-state index contributed by atoms with van der Waals surface area (Å²) >= 11 is 11.8. The topological polar surface area (TPSA) is 58.2 Å². The minimum atomic E-state index is -0.256. The number of amides is 2. The molecule has 0 radical (unpaired) electrons. The van der Waals surface area contributed by atoms with Gasteiger partial charge in [0.05, 0.1) is 5.92 Å². The molecule has 0 bridgehead atoms. The van der Waals surface area contributed by atoms with Gasteiger partial charge in [-0.2, -0.15) is 0 Å². The molecule has 0 spiro atoms. The van der Waals surface area contributed by atoms with Gasteiger partial charge in [-0.05, 0) is 24.1 Å². The highest BCUT2D eigenvalue weighted by molar-refractivity contribution is 6.35. The predicted molar refractivity (Wildman–Crippen MR) is 74.3 cm³/mol. The van der Waals surface area contributed by atoms with Gasteiger partial charge >= 0.3 is 0 Å². The molecule has 1 aromatic rings. The fourth-order valence-corrected chi connectivity index (χ4v) is 2.48. The monoisotopic (exact) mass is 300 g/mol. The smallest absolute Gasteiger partial charge is 0.225 e. The number of halogens is 2. The van der Waals surface area contributed by atoms with E-state index in [2.05, 4.69) is 10.6 Å². The van der Waals surface area contributed by atoms with Crippen LogP contribution in [-0.4, -0.2) is 24.9 Å². The Morgan fingerprint density at radius 3 is 2.84 bits per heavy atom. The third-order valence-corrected chi connectivity index (χ3v) is 3.64. The van der Waals surface area contributed by atoms with Crippen LogP contribution in [0.25, 0.3) is 0 Å². The summed E-state index contributed by atoms with van der Waals surface area (Å²) in [6, 6.07) is 5.29. The van der Waals surface area contributed by atoms with Crippen LogP contribution in [-0.2, 0) is 16.0 Å². The molecule has 1 aromatic carbocycles. The van der Waals surface area contributed by atoms with Gasteiger partial charge in [-0.15, -0.1) is 0 Å². The maximum atomic E-state index is 11.8. The van der Waals surface area contributed by atoms with E-state index >= 15 is 0 Å². The molecule has 1 aliphatic rings. The van der Waals surface area contributed by atoms with Crippen molar-refractivity contribution in [3.8, 4) is 0 Å². The molecule has 1 aliphatic heterocycles. The zero-order chi connectivity index (χ0) is 13.8. The molecule has 2 rings (SSSR count). The summed E-state index contributed by atoms with van der Waals surface area (Å²) in [6.07, 6.45) is 0.906. The van der Waals surface area contributed by atoms with E-state index < -0.39 is 0 Å². The van der Waals surface area contributed by atoms with Crippen LogP contribution in [0.1, 0.15) is 12.0 Å². The first kappa shape index (κ1) is 14.2. The minimum Gasteiger partial charge on any atom is -0.355 e. The average Bonchev–Trinajstić information content (AvgIpc) is 2.78. The molecule has 2 amide bonds. The highest BCUT2D eigenvalue weighted by Crippen LogP contribution is 2.21. The highest BCUT2D eigenvalue weighted by atomic mass is 35.5. The molecule has 1 unspecified atom stereocenters. The van der Waals surface area contributed by atoms with Crippen LogP contribution < -0.4 is 10.6 Å². The Morgan fingerprint density at radius 2 is 2.21 bits per heavy atom. The van der Waals surface area contributed by atoms with E-state index in [1.165, 1.54) is 0 Å². The molecule has 6 heteroatoms. The van der Waals surface area contributed by atoms with Crippen LogP contribution >= 0.6 is 23.2 Å². The molecule has 1 heterocycles. The van der Waals surface area contributed by atoms with Crippen LogP contribution in [0.3, 0.4) is 0 Å². The Balaban J connectivity index is 1.80. The molecule has 0 aliphatic carbocycles. The van der Waals surface area contributed by atoms with E-state index in [0.29, 0.717) is 29.6 Å². The van der Waals surface area contributed by atoms with Crippen molar-refractivity contribution < 1.29 is 9.59 Å². The van der Waals surface area contributed by atoms with Crippen molar-refractivity contribution in [1.29, 1.82) is 0 Å². The normalized spacial score (nSPS) is 18.2. The first-order chi connectivity index (χ1) is 9.06. The lowest BCUT2D eigenvalue weighted by molar-refractivity contribution is -0.126. The molecule has 4 nitrogen and oxygen atoms in total. The number of carbonyl (C=O) groups is 2. The fraction of sp³-hybridized carbons (Fsp3) is 0.385. The maximum Gasteiger partial charge on any atom is 0.225 e. The van der Waals surface area contributed by atoms with Crippen molar-refractivity contribution in [2.75, 3.05) is 13.1 Å². The summed E-state index contributed by atoms with van der Waals surface area (Å²) < 4.78 is 0. The number of carbonyl (C=O) groups excluding carboxylic acids is 2. The molecule has 1 atom stereocenters. The van der Waals surface area contributed by atoms with Gasteiger partial charge < -0.3 is 10.6 Å². The maximum absolute atomic E-state index is 11.8. The van der Waals surface area contributed by atoms with Gasteiger partial charge in [0, 0.05) is 29.6 Å². The van der Waals surface area contributed by atoms with Gasteiger partial charge in [-0.1, -0.05) is 29.3 Å². The quantitative estimate of drug-likeness (QED) is 0.891. The molecular formula is C13H14Cl2N2O2. The van der Waals surface area contributed by atoms with Crippen LogP contribution in [0.5, 0.6) is 0 Å². The van der Waals surface area contributed by atoms with Crippen molar-refractivity contribution in [3.05, 3.63) is 33.8 Å². The molecular weight excluding hydrogens is 287 g/mol. The van der Waals surface area contributed by atoms with Gasteiger partial charge in [0.2, 0.25) is 11.8 Å². The van der Waals surface area contributed by atoms with Gasteiger partial charge in [0.15, 0.2) is 0 Å². The Hall–Kier alpha value is -1.26. The standard InChI is InChI=1S/C13H14Cl2N2O2/c14-10-2-1-8(11(15)6-10)3-4-16-13(19)9-5-12(18)17-7-9/h1-2,6,9H,3-5,7H2,(H,16,19)(H,17,18). The van der Waals surface area contributed by atoms with E-state index in [9.17, 15) is 9.59 Å². The lowest BCUT2D eigenvalue weighted by atomic mass is 10.1. The first-order valence-electron chi connectivity index (χ1n) is 6.04. The van der Waals surface area contributed by atoms with E-state index in [0.717, 1.165) is 5.56 Å². The lowest BCUT2D eigenvalue weighted by Crippen LogP contribution is -2.33. The third kappa shape index (κ3) is 3.85. The van der Waals surface area contributed by atoms with Crippen LogP contribution in [0.4, 0.5) is 0 Å². The largest absolute Gasteiger partial charge is 0.355 e. The number of hydrogen-bond acceptors (Lipinski definition) is 2. The Morgan fingerprint density at radius 1 is 1.42 bits per heavy atom. The molecule has 0 saturated carbocycles. The predicted octanol–water partition coefficient (Wildman–Crippen LogP) is 1.79. The van der Waals surface area contributed by atoms with Gasteiger partial charge in [-0.3, -0.25) is 9.59 Å². The van der Waals surface area contributed by atoms with E-state index in [4.69, 9.17) is 23.2 Å². The zero-order valence-corrected chi connectivity index (χ0v) is 11.7. The Labute approximate surface area is 121 Å². The lowest BCUT2D eigenvalue weighted by Gasteiger charge is -2.10. The number of hydrogen-bond donors (Lipinski definition) is 2. The number of rotatable bonds is 4. The van der Waals surface area contributed by atoms with Crippen molar-refractivity contribution >= 4 is 35.0 Å². The molecule has 1 saturated heterocycles. The summed E-state index contributed by atoms with van der Waals surface area (Å²) in [5.41, 5.74) is 0.937. The van der Waals surface area contributed by atoms with E-state index in [1.807, 2.05) is 6.07 Å². The Kier molecular flexibility index (Phi) is 4.66. The van der Waals surface area contributed by atoms with Crippen molar-refractivity contribution in [2.24, 2.45) is 5.92 Å². The molecule has 19 heavy (non-hydrogen) atoms. The minimum absolute atomic E-state index is 0.0686. The summed E-state index contributed by atoms with van der Waals surface area (Å²) in [4.78, 5) is 22.8. The average molecular weight is 301 g/mol. The SMILES string of the molecule is O=C1CC(C(=O)NCCc2ccc(Cl)cc2Cl)CN1. The second kappa shape index (κ2) is 6.26. The first-order valence-corrected chi connectivity index (χ1v) is 6.80. The second-order valence-electron chi connectivity index (χ2n) is 4.48. The van der Waals surface area contributed by atoms with Crippen LogP contribution in [0.15, 0.2) is 18.2 Å². The highest BCUT2D eigenvalue weighted by Gasteiger charge is 2.27. The number of nitrogens with one attached hydrogen (secondary N) is 2.